The molecule has 1 heterocycles. The van der Waals surface area contributed by atoms with E-state index in [1.54, 1.807) is 6.20 Å². The van der Waals surface area contributed by atoms with Crippen molar-refractivity contribution < 1.29 is 9.59 Å². The predicted molar refractivity (Wildman–Crippen MR) is 130 cm³/mol. The van der Waals surface area contributed by atoms with Gasteiger partial charge in [-0.2, -0.15) is 0 Å². The van der Waals surface area contributed by atoms with Crippen LogP contribution in [-0.2, 0) is 6.42 Å². The summed E-state index contributed by atoms with van der Waals surface area (Å²) in [7, 11) is -1.56. The molecule has 31 heavy (non-hydrogen) atoms. The molecule has 0 fully saturated rings. The number of aryl methyl sites for hydroxylation is 7. The summed E-state index contributed by atoms with van der Waals surface area (Å²) in [6, 6.07) is 13.9. The highest BCUT2D eigenvalue weighted by molar-refractivity contribution is 7.90. The van der Waals surface area contributed by atoms with E-state index in [0.717, 1.165) is 39.1 Å². The zero-order chi connectivity index (χ0) is 22.7. The predicted octanol–water partition coefficient (Wildman–Crippen LogP) is 6.64. The molecule has 0 unspecified atom stereocenters. The Kier molecular flexibility index (Phi) is 7.18. The molecule has 0 N–H and O–H groups in total. The molecule has 2 aromatic carbocycles. The Hall–Kier alpha value is -2.64. The molecule has 3 nitrogen and oxygen atoms in total. The molecule has 0 aliphatic heterocycles. The maximum absolute atomic E-state index is 13.8. The van der Waals surface area contributed by atoms with Crippen LogP contribution in [-0.4, -0.2) is 22.2 Å². The maximum atomic E-state index is 13.8. The van der Waals surface area contributed by atoms with Gasteiger partial charge in [0.05, 0.1) is 0 Å². The molecule has 3 aromatic rings. The lowest BCUT2D eigenvalue weighted by Crippen LogP contribution is -2.15. The van der Waals surface area contributed by atoms with E-state index in [1.165, 1.54) is 0 Å². The van der Waals surface area contributed by atoms with Gasteiger partial charge in [0.1, 0.15) is 0 Å². The summed E-state index contributed by atoms with van der Waals surface area (Å²) in [6.45, 7) is 11.9. The average Bonchev–Trinajstić information content (AvgIpc) is 2.67. The SMILES string of the molecule is Cc1cc(C)c(C(=O)P(CCc2ccccn2)C(=O)c2c(C)cc(C)cc2C)c(C)c1. The standard InChI is InChI=1S/C27H30NO2P/c1-17-13-19(3)24(20(4)14-17)26(29)31(12-10-23-9-7-8-11-28-23)27(30)25-21(5)15-18(2)16-22(25)6/h7-9,11,13-16H,10,12H2,1-6H3. The summed E-state index contributed by atoms with van der Waals surface area (Å²) in [5.41, 5.74) is 8.29. The zero-order valence-electron chi connectivity index (χ0n) is 19.2. The van der Waals surface area contributed by atoms with Crippen molar-refractivity contribution >= 4 is 19.0 Å². The van der Waals surface area contributed by atoms with E-state index in [4.69, 9.17) is 0 Å². The number of carbonyl (C=O) groups excluding carboxylic acids is 2. The van der Waals surface area contributed by atoms with Gasteiger partial charge in [-0.1, -0.05) is 41.5 Å². The number of hydrogen-bond donors (Lipinski definition) is 0. The minimum Gasteiger partial charge on any atom is -0.289 e. The zero-order valence-corrected chi connectivity index (χ0v) is 20.1. The van der Waals surface area contributed by atoms with Crippen molar-refractivity contribution in [2.24, 2.45) is 0 Å². The Morgan fingerprint density at radius 3 is 1.58 bits per heavy atom. The van der Waals surface area contributed by atoms with E-state index >= 15 is 0 Å². The van der Waals surface area contributed by atoms with E-state index in [1.807, 2.05) is 84.0 Å². The summed E-state index contributed by atoms with van der Waals surface area (Å²) in [4.78, 5) is 32.0. The van der Waals surface area contributed by atoms with Gasteiger partial charge in [0.2, 0.25) is 0 Å². The van der Waals surface area contributed by atoms with Crippen LogP contribution in [0.3, 0.4) is 0 Å². The highest BCUT2D eigenvalue weighted by Gasteiger charge is 2.31. The lowest BCUT2D eigenvalue weighted by atomic mass is 10.0. The van der Waals surface area contributed by atoms with Crippen LogP contribution in [0.15, 0.2) is 48.7 Å². The van der Waals surface area contributed by atoms with Gasteiger partial charge < -0.3 is 0 Å². The molecular weight excluding hydrogens is 401 g/mol. The van der Waals surface area contributed by atoms with Crippen LogP contribution < -0.4 is 0 Å². The molecule has 1 aromatic heterocycles. The van der Waals surface area contributed by atoms with Crippen molar-refractivity contribution in [1.82, 2.24) is 4.98 Å². The van der Waals surface area contributed by atoms with Crippen LogP contribution in [0.5, 0.6) is 0 Å². The molecule has 0 amide bonds. The number of carbonyl (C=O) groups is 2. The van der Waals surface area contributed by atoms with Gasteiger partial charge in [-0.05, 0) is 88.5 Å². The summed E-state index contributed by atoms with van der Waals surface area (Å²) in [5, 5.41) is 0. The van der Waals surface area contributed by atoms with Crippen molar-refractivity contribution in [1.29, 1.82) is 0 Å². The molecule has 160 valence electrons. The van der Waals surface area contributed by atoms with Gasteiger partial charge in [0.25, 0.3) is 0 Å². The largest absolute Gasteiger partial charge is 0.289 e. The second-order valence-electron chi connectivity index (χ2n) is 8.38. The van der Waals surface area contributed by atoms with Gasteiger partial charge in [-0.25, -0.2) is 0 Å². The number of nitrogens with zero attached hydrogens (tertiary/aromatic N) is 1. The van der Waals surface area contributed by atoms with Gasteiger partial charge in [0, 0.05) is 30.9 Å². The summed E-state index contributed by atoms with van der Waals surface area (Å²) < 4.78 is 0. The number of hydrogen-bond acceptors (Lipinski definition) is 3. The van der Waals surface area contributed by atoms with Crippen LogP contribution in [0, 0.1) is 41.5 Å². The maximum Gasteiger partial charge on any atom is 0.192 e. The van der Waals surface area contributed by atoms with Gasteiger partial charge in [-0.3, -0.25) is 14.6 Å². The lowest BCUT2D eigenvalue weighted by Gasteiger charge is -2.20. The number of aromatic nitrogens is 1. The third-order valence-electron chi connectivity index (χ3n) is 5.59. The molecule has 3 rings (SSSR count). The second-order valence-corrected chi connectivity index (χ2v) is 10.5. The normalized spacial score (nSPS) is 11.1. The van der Waals surface area contributed by atoms with Crippen LogP contribution in [0.25, 0.3) is 0 Å². The molecular formula is C27H30NO2P. The van der Waals surface area contributed by atoms with Crippen molar-refractivity contribution in [3.05, 3.63) is 98.9 Å². The average molecular weight is 432 g/mol. The Morgan fingerprint density at radius 1 is 0.742 bits per heavy atom. The minimum absolute atomic E-state index is 0.0229. The third-order valence-corrected chi connectivity index (χ3v) is 7.69. The Bertz CT molecular complexity index is 1020. The quantitative estimate of drug-likeness (QED) is 0.394. The first-order chi connectivity index (χ1) is 14.7. The molecule has 0 spiro atoms. The number of benzene rings is 2. The van der Waals surface area contributed by atoms with Crippen molar-refractivity contribution in [2.75, 3.05) is 6.16 Å². The van der Waals surface area contributed by atoms with Gasteiger partial charge in [-0.15, -0.1) is 0 Å². The fourth-order valence-corrected chi connectivity index (χ4v) is 6.66. The smallest absolute Gasteiger partial charge is 0.192 e. The molecule has 0 bridgehead atoms. The van der Waals surface area contributed by atoms with Crippen LogP contribution in [0.1, 0.15) is 59.8 Å². The second kappa shape index (κ2) is 9.66. The Morgan fingerprint density at radius 2 is 1.19 bits per heavy atom. The first-order valence-electron chi connectivity index (χ1n) is 10.6. The fraction of sp³-hybridized carbons (Fsp3) is 0.296. The highest BCUT2D eigenvalue weighted by Crippen LogP contribution is 2.46. The molecule has 4 heteroatoms. The first-order valence-corrected chi connectivity index (χ1v) is 12.1. The fourth-order valence-electron chi connectivity index (χ4n) is 4.37. The van der Waals surface area contributed by atoms with Crippen molar-refractivity contribution in [3.63, 3.8) is 0 Å². The van der Waals surface area contributed by atoms with Crippen LogP contribution in [0.4, 0.5) is 0 Å². The van der Waals surface area contributed by atoms with Gasteiger partial charge >= 0.3 is 0 Å². The first kappa shape index (κ1) is 23.0. The monoisotopic (exact) mass is 431 g/mol. The number of rotatable bonds is 7. The molecule has 0 aliphatic carbocycles. The minimum atomic E-state index is -1.56. The summed E-state index contributed by atoms with van der Waals surface area (Å²) in [5.74, 6) is 0. The highest BCUT2D eigenvalue weighted by atomic mass is 31.1. The van der Waals surface area contributed by atoms with Crippen molar-refractivity contribution in [2.45, 2.75) is 48.0 Å². The van der Waals surface area contributed by atoms with E-state index < -0.39 is 7.92 Å². The third kappa shape index (κ3) is 5.17. The summed E-state index contributed by atoms with van der Waals surface area (Å²) in [6.07, 6.45) is 2.87. The van der Waals surface area contributed by atoms with E-state index in [9.17, 15) is 9.59 Å². The molecule has 0 radical (unpaired) electrons. The Balaban J connectivity index is 2.05. The molecule has 0 atom stereocenters. The Labute approximate surface area is 186 Å². The summed E-state index contributed by atoms with van der Waals surface area (Å²) >= 11 is 0. The number of pyridine rings is 1. The van der Waals surface area contributed by atoms with E-state index in [0.29, 0.717) is 23.7 Å². The van der Waals surface area contributed by atoms with Crippen molar-refractivity contribution in [3.8, 4) is 0 Å². The van der Waals surface area contributed by atoms with Crippen LogP contribution in [0.2, 0.25) is 0 Å². The van der Waals surface area contributed by atoms with E-state index in [-0.39, 0.29) is 11.0 Å². The molecule has 0 saturated carbocycles. The molecule has 0 saturated heterocycles. The topological polar surface area (TPSA) is 47.0 Å². The lowest BCUT2D eigenvalue weighted by molar-refractivity contribution is 0.105. The molecule has 0 aliphatic rings. The van der Waals surface area contributed by atoms with E-state index in [2.05, 4.69) is 4.98 Å². The van der Waals surface area contributed by atoms with Crippen LogP contribution >= 0.6 is 7.92 Å². The van der Waals surface area contributed by atoms with Gasteiger partial charge in [0.15, 0.2) is 11.0 Å².